The Morgan fingerprint density at radius 1 is 0.981 bits per heavy atom. The van der Waals surface area contributed by atoms with Crippen molar-refractivity contribution in [1.29, 1.82) is 0 Å². The highest BCUT2D eigenvalue weighted by Gasteiger charge is 2.29. The zero-order chi connectivity index (χ0) is 37.8. The van der Waals surface area contributed by atoms with Gasteiger partial charge in [0.15, 0.2) is 5.58 Å². The third-order valence-corrected chi connectivity index (χ3v) is 10.5. The van der Waals surface area contributed by atoms with Crippen molar-refractivity contribution < 1.29 is 24.5 Å². The fourth-order valence-corrected chi connectivity index (χ4v) is 7.74. The number of fused-ring (bicyclic) bond motifs is 2. The molecule has 2 aromatic heterocycles. The van der Waals surface area contributed by atoms with E-state index in [2.05, 4.69) is 10.3 Å². The van der Waals surface area contributed by atoms with E-state index in [-0.39, 0.29) is 29.4 Å². The molecular weight excluding hydrogens is 686 g/mol. The lowest BCUT2D eigenvalue weighted by molar-refractivity contribution is 0.176. The number of anilines is 2. The summed E-state index contributed by atoms with van der Waals surface area (Å²) in [7, 11) is 0. The van der Waals surface area contributed by atoms with Crippen LogP contribution in [-0.2, 0) is 19.5 Å². The standard InChI is InChI=1S/C42H45N5O7/c43-33-23-35(47(41(51)52)29-12-5-2-6-13-29)32(27-9-3-1-4-10-27)22-28(33)11-7-8-20-46-34-17-14-26(21-38(34)54-42(46)53)24-44-25-37(49)30-15-18-36(48)40-31(30)16-19-39(50)45-40/h1,3-4,9-10,14-19,21-23,29,37,44,48-49H,2,5-8,11-13,20,24-25,43H2,(H,45,50)(H,51,52)/t37-/m0/s1. The van der Waals surface area contributed by atoms with Crippen LogP contribution >= 0.6 is 0 Å². The van der Waals surface area contributed by atoms with Crippen LogP contribution in [0, 0.1) is 0 Å². The molecule has 12 nitrogen and oxygen atoms in total. The van der Waals surface area contributed by atoms with Crippen LogP contribution in [0.2, 0.25) is 0 Å². The summed E-state index contributed by atoms with van der Waals surface area (Å²) in [4.78, 5) is 41.4. The van der Waals surface area contributed by atoms with Crippen molar-refractivity contribution >= 4 is 39.5 Å². The van der Waals surface area contributed by atoms with E-state index in [1.165, 1.54) is 17.0 Å². The maximum atomic E-state index is 12.9. The van der Waals surface area contributed by atoms with Gasteiger partial charge >= 0.3 is 11.8 Å². The van der Waals surface area contributed by atoms with E-state index in [9.17, 15) is 29.7 Å². The lowest BCUT2D eigenvalue weighted by atomic mass is 9.91. The number of rotatable bonds is 13. The van der Waals surface area contributed by atoms with E-state index in [4.69, 9.17) is 10.2 Å². The minimum absolute atomic E-state index is 0.0687. The van der Waals surface area contributed by atoms with Gasteiger partial charge in [0.1, 0.15) is 5.75 Å². The van der Waals surface area contributed by atoms with Gasteiger partial charge in [0.25, 0.3) is 0 Å². The Morgan fingerprint density at radius 3 is 2.56 bits per heavy atom. The number of aromatic amines is 1. The van der Waals surface area contributed by atoms with Gasteiger partial charge in [-0.2, -0.15) is 0 Å². The van der Waals surface area contributed by atoms with Crippen molar-refractivity contribution in [3.63, 3.8) is 0 Å². The first-order chi connectivity index (χ1) is 26.2. The number of unbranched alkanes of at least 4 members (excludes halogenated alkanes) is 1. The van der Waals surface area contributed by atoms with E-state index in [1.54, 1.807) is 16.7 Å². The average Bonchev–Trinajstić information content (AvgIpc) is 3.48. The molecule has 0 aliphatic heterocycles. The summed E-state index contributed by atoms with van der Waals surface area (Å²) in [5, 5.41) is 35.2. The Kier molecular flexibility index (Phi) is 10.8. The first-order valence-corrected chi connectivity index (χ1v) is 18.5. The first-order valence-electron chi connectivity index (χ1n) is 18.5. The normalized spacial score (nSPS) is 14.1. The topological polar surface area (TPSA) is 187 Å². The van der Waals surface area contributed by atoms with Crippen molar-refractivity contribution in [1.82, 2.24) is 14.9 Å². The molecule has 0 saturated heterocycles. The van der Waals surface area contributed by atoms with Gasteiger partial charge < -0.3 is 35.8 Å². The van der Waals surface area contributed by atoms with Crippen LogP contribution in [0.4, 0.5) is 16.2 Å². The predicted molar refractivity (Wildman–Crippen MR) is 210 cm³/mol. The number of hydrogen-bond acceptors (Lipinski definition) is 8. The van der Waals surface area contributed by atoms with Crippen molar-refractivity contribution in [3.05, 3.63) is 123 Å². The van der Waals surface area contributed by atoms with Gasteiger partial charge in [-0.05, 0) is 90.8 Å². The molecule has 1 fully saturated rings. The molecule has 0 radical (unpaired) electrons. The van der Waals surface area contributed by atoms with E-state index >= 15 is 0 Å². The number of nitrogens with one attached hydrogen (secondary N) is 2. The van der Waals surface area contributed by atoms with Gasteiger partial charge in [0, 0.05) is 48.4 Å². The molecule has 280 valence electrons. The zero-order valence-electron chi connectivity index (χ0n) is 30.0. The lowest BCUT2D eigenvalue weighted by Gasteiger charge is -2.34. The molecule has 7 N–H and O–H groups in total. The molecule has 12 heteroatoms. The summed E-state index contributed by atoms with van der Waals surface area (Å²) < 4.78 is 7.25. The van der Waals surface area contributed by atoms with Crippen LogP contribution in [0.3, 0.4) is 0 Å². The number of aromatic hydroxyl groups is 1. The number of benzene rings is 4. The number of aryl methyl sites for hydroxylation is 2. The average molecular weight is 732 g/mol. The molecular formula is C42H45N5O7. The third kappa shape index (κ3) is 7.75. The van der Waals surface area contributed by atoms with Crippen LogP contribution in [0.1, 0.15) is 67.7 Å². The van der Waals surface area contributed by atoms with Crippen LogP contribution in [0.15, 0.2) is 98.9 Å². The maximum absolute atomic E-state index is 12.9. The lowest BCUT2D eigenvalue weighted by Crippen LogP contribution is -2.41. The summed E-state index contributed by atoms with van der Waals surface area (Å²) >= 11 is 0. The molecule has 54 heavy (non-hydrogen) atoms. The SMILES string of the molecule is Nc1cc(N(C(=O)O)C2CCCCC2)c(-c2ccccc2)cc1CCCCn1c(=O)oc2cc(CNC[C@H](O)c3ccc(O)c4[nH]c(=O)ccc34)ccc21. The number of aromatic nitrogens is 2. The molecule has 4 aromatic carbocycles. The zero-order valence-corrected chi connectivity index (χ0v) is 30.0. The van der Waals surface area contributed by atoms with Crippen LogP contribution in [-0.4, -0.2) is 43.6 Å². The number of nitrogen functional groups attached to an aromatic ring is 1. The van der Waals surface area contributed by atoms with Crippen LogP contribution in [0.25, 0.3) is 33.1 Å². The number of hydrogen-bond donors (Lipinski definition) is 6. The third-order valence-electron chi connectivity index (χ3n) is 10.5. The Hall–Kier alpha value is -5.85. The van der Waals surface area contributed by atoms with Gasteiger partial charge in [0.2, 0.25) is 5.56 Å². The Morgan fingerprint density at radius 2 is 1.78 bits per heavy atom. The number of aliphatic hydroxyl groups excluding tert-OH is 1. The summed E-state index contributed by atoms with van der Waals surface area (Å²) in [6, 6.07) is 25.2. The van der Waals surface area contributed by atoms with Crippen molar-refractivity contribution in [2.45, 2.75) is 76.6 Å². The number of phenolic OH excluding ortho intramolecular Hbond substituents is 1. The minimum atomic E-state index is -0.967. The summed E-state index contributed by atoms with van der Waals surface area (Å²) in [5.41, 5.74) is 13.0. The Labute approximate surface area is 311 Å². The highest BCUT2D eigenvalue weighted by Crippen LogP contribution is 2.39. The monoisotopic (exact) mass is 731 g/mol. The van der Waals surface area contributed by atoms with Gasteiger partial charge in [-0.1, -0.05) is 61.7 Å². The number of carbonyl (C=O) groups is 1. The second-order valence-corrected chi connectivity index (χ2v) is 14.1. The number of H-pyrrole nitrogens is 1. The van der Waals surface area contributed by atoms with Gasteiger partial charge in [-0.3, -0.25) is 14.3 Å². The van der Waals surface area contributed by atoms with Crippen molar-refractivity contribution in [2.24, 2.45) is 0 Å². The summed E-state index contributed by atoms with van der Waals surface area (Å²) in [6.07, 6.45) is 5.03. The molecule has 0 bridgehead atoms. The smallest absolute Gasteiger partial charge is 0.419 e. The van der Waals surface area contributed by atoms with Crippen molar-refractivity contribution in [2.75, 3.05) is 17.2 Å². The van der Waals surface area contributed by atoms with Gasteiger partial charge in [0.05, 0.1) is 22.8 Å². The number of oxazole rings is 1. The number of aliphatic hydroxyl groups is 1. The molecule has 1 saturated carbocycles. The molecule has 1 aliphatic rings. The predicted octanol–water partition coefficient (Wildman–Crippen LogP) is 7.05. The van der Waals surface area contributed by atoms with Crippen LogP contribution in [0.5, 0.6) is 5.75 Å². The number of pyridine rings is 1. The summed E-state index contributed by atoms with van der Waals surface area (Å²) in [6.45, 7) is 1.07. The van der Waals surface area contributed by atoms with E-state index < -0.39 is 18.0 Å². The first kappa shape index (κ1) is 36.5. The number of carboxylic acid groups (broad SMARTS) is 1. The molecule has 1 atom stereocenters. The molecule has 1 amide bonds. The van der Waals surface area contributed by atoms with E-state index in [0.717, 1.165) is 60.8 Å². The van der Waals surface area contributed by atoms with E-state index in [1.807, 2.05) is 60.7 Å². The van der Waals surface area contributed by atoms with Crippen LogP contribution < -0.4 is 27.3 Å². The van der Waals surface area contributed by atoms with Gasteiger partial charge in [-0.15, -0.1) is 0 Å². The number of nitrogens with zero attached hydrogens (tertiary/aromatic N) is 2. The molecule has 2 heterocycles. The van der Waals surface area contributed by atoms with Crippen molar-refractivity contribution in [3.8, 4) is 16.9 Å². The molecule has 0 spiro atoms. The molecule has 7 rings (SSSR count). The minimum Gasteiger partial charge on any atom is -0.506 e. The number of amides is 1. The fourth-order valence-electron chi connectivity index (χ4n) is 7.74. The largest absolute Gasteiger partial charge is 0.506 e. The Balaban J connectivity index is 0.998. The van der Waals surface area contributed by atoms with E-state index in [0.29, 0.717) is 59.4 Å². The Bertz CT molecular complexity index is 2390. The highest BCUT2D eigenvalue weighted by atomic mass is 16.4. The second kappa shape index (κ2) is 16.0. The second-order valence-electron chi connectivity index (χ2n) is 14.1. The molecule has 6 aromatic rings. The highest BCUT2D eigenvalue weighted by molar-refractivity contribution is 5.95. The fraction of sp³-hybridized carbons (Fsp3) is 0.310. The maximum Gasteiger partial charge on any atom is 0.419 e. The summed E-state index contributed by atoms with van der Waals surface area (Å²) in [5.74, 6) is -0.504. The van der Waals surface area contributed by atoms with Gasteiger partial charge in [-0.25, -0.2) is 9.59 Å². The molecule has 0 unspecified atom stereocenters. The number of phenols is 1. The molecule has 1 aliphatic carbocycles. The quantitative estimate of drug-likeness (QED) is 0.0534. The number of nitrogens with two attached hydrogens (primary N) is 1.